The minimum atomic E-state index is 0.710. The quantitative estimate of drug-likeness (QED) is 0.666. The van der Waals surface area contributed by atoms with E-state index in [2.05, 4.69) is 35.3 Å². The van der Waals surface area contributed by atoms with Crippen molar-refractivity contribution in [2.24, 2.45) is 0 Å². The molecule has 26 heavy (non-hydrogen) atoms. The Hall–Kier alpha value is -2.85. The number of halogens is 1. The van der Waals surface area contributed by atoms with Crippen LogP contribution in [0.5, 0.6) is 0 Å². The maximum Gasteiger partial charge on any atom is 0.143 e. The van der Waals surface area contributed by atoms with Crippen LogP contribution in [0.1, 0.15) is 18.3 Å². The molecule has 4 nitrogen and oxygen atoms in total. The highest BCUT2D eigenvalue weighted by molar-refractivity contribution is 6.30. The van der Waals surface area contributed by atoms with Crippen LogP contribution in [0, 0.1) is 0 Å². The van der Waals surface area contributed by atoms with E-state index in [1.807, 2.05) is 42.3 Å². The molecular weight excluding hydrogens is 344 g/mol. The van der Waals surface area contributed by atoms with Gasteiger partial charge in [-0.3, -0.25) is 4.98 Å². The molecule has 0 fully saturated rings. The van der Waals surface area contributed by atoms with E-state index in [1.54, 1.807) is 12.4 Å². The zero-order chi connectivity index (χ0) is 18.3. The van der Waals surface area contributed by atoms with E-state index in [0.717, 1.165) is 38.7 Å². The first-order valence-corrected chi connectivity index (χ1v) is 8.78. The second-order valence-corrected chi connectivity index (χ2v) is 6.92. The molecule has 3 aromatic rings. The van der Waals surface area contributed by atoms with E-state index in [0.29, 0.717) is 6.54 Å². The van der Waals surface area contributed by atoms with Gasteiger partial charge in [-0.2, -0.15) is 0 Å². The van der Waals surface area contributed by atoms with Crippen LogP contribution >= 0.6 is 11.6 Å². The lowest BCUT2D eigenvalue weighted by molar-refractivity contribution is 0.577. The first-order valence-electron chi connectivity index (χ1n) is 8.40. The number of rotatable bonds is 3. The fourth-order valence-electron chi connectivity index (χ4n) is 3.18. The second kappa shape index (κ2) is 6.46. The van der Waals surface area contributed by atoms with Crippen molar-refractivity contribution in [1.82, 2.24) is 19.4 Å². The van der Waals surface area contributed by atoms with Gasteiger partial charge in [-0.1, -0.05) is 30.3 Å². The van der Waals surface area contributed by atoms with Crippen LogP contribution in [0.3, 0.4) is 0 Å². The maximum atomic E-state index is 6.03. The van der Waals surface area contributed by atoms with Crippen LogP contribution in [0.25, 0.3) is 16.6 Å². The average Bonchev–Trinajstić information content (AvgIpc) is 3.00. The van der Waals surface area contributed by atoms with E-state index >= 15 is 0 Å². The van der Waals surface area contributed by atoms with Gasteiger partial charge >= 0.3 is 0 Å². The monoisotopic (exact) mass is 362 g/mol. The summed E-state index contributed by atoms with van der Waals surface area (Å²) in [6.45, 7) is 6.89. The van der Waals surface area contributed by atoms with Gasteiger partial charge in [0.1, 0.15) is 11.3 Å². The van der Waals surface area contributed by atoms with Crippen molar-refractivity contribution in [1.29, 1.82) is 0 Å². The Labute approximate surface area is 157 Å². The third-order valence-corrected chi connectivity index (χ3v) is 4.90. The molecule has 0 spiro atoms. The van der Waals surface area contributed by atoms with Gasteiger partial charge in [-0.05, 0) is 42.3 Å². The van der Waals surface area contributed by atoms with Gasteiger partial charge in [0, 0.05) is 42.3 Å². The van der Waals surface area contributed by atoms with Crippen molar-refractivity contribution in [3.05, 3.63) is 89.3 Å². The molecule has 0 unspecified atom stereocenters. The van der Waals surface area contributed by atoms with E-state index in [-0.39, 0.29) is 0 Å². The van der Waals surface area contributed by atoms with Gasteiger partial charge in [0.15, 0.2) is 0 Å². The Morgan fingerprint density at radius 3 is 2.65 bits per heavy atom. The predicted octanol–water partition coefficient (Wildman–Crippen LogP) is 4.88. The topological polar surface area (TPSA) is 34.0 Å². The molecule has 0 radical (unpaired) electrons. The molecule has 0 saturated heterocycles. The van der Waals surface area contributed by atoms with Gasteiger partial charge in [-0.25, -0.2) is 4.98 Å². The molecule has 0 atom stereocenters. The van der Waals surface area contributed by atoms with Gasteiger partial charge in [0.25, 0.3) is 0 Å². The molecule has 1 aliphatic heterocycles. The average molecular weight is 363 g/mol. The number of nitrogens with zero attached hydrogens (tertiary/aromatic N) is 4. The Morgan fingerprint density at radius 1 is 1.15 bits per heavy atom. The van der Waals surface area contributed by atoms with Gasteiger partial charge < -0.3 is 9.47 Å². The lowest BCUT2D eigenvalue weighted by atomic mass is 10.1. The summed E-state index contributed by atoms with van der Waals surface area (Å²) in [7, 11) is 2.01. The van der Waals surface area contributed by atoms with Crippen LogP contribution < -0.4 is 0 Å². The standard InChI is InChI=1S/C21H19ClN4/c1-14-10-17(13-25(3)15(14)2)21-24-19-11-23-9-8-20(19)26(21)12-16-4-6-18(22)7-5-16/h4-11,13H,2,12H2,1,3H3. The van der Waals surface area contributed by atoms with E-state index in [1.165, 1.54) is 5.56 Å². The van der Waals surface area contributed by atoms with Gasteiger partial charge in [0.05, 0.1) is 11.7 Å². The molecule has 0 N–H and O–H groups in total. The predicted molar refractivity (Wildman–Crippen MR) is 107 cm³/mol. The van der Waals surface area contributed by atoms with Crippen LogP contribution in [0.15, 0.2) is 72.9 Å². The molecular formula is C21H19ClN4. The summed E-state index contributed by atoms with van der Waals surface area (Å²) in [6.07, 6.45) is 7.81. The lowest BCUT2D eigenvalue weighted by Crippen LogP contribution is -2.16. The molecule has 1 aromatic carbocycles. The van der Waals surface area contributed by atoms with Crippen molar-refractivity contribution >= 4 is 28.2 Å². The first kappa shape index (κ1) is 16.6. The number of likely N-dealkylation sites (N-methyl/N-ethyl adjacent to an activating group) is 1. The molecule has 0 aliphatic carbocycles. The Morgan fingerprint density at radius 2 is 1.92 bits per heavy atom. The third-order valence-electron chi connectivity index (χ3n) is 4.65. The summed E-state index contributed by atoms with van der Waals surface area (Å²) >= 11 is 6.03. The van der Waals surface area contributed by atoms with Crippen molar-refractivity contribution in [2.45, 2.75) is 13.5 Å². The normalized spacial score (nSPS) is 14.6. The summed E-state index contributed by atoms with van der Waals surface area (Å²) in [5, 5.41) is 0.738. The zero-order valence-electron chi connectivity index (χ0n) is 14.8. The van der Waals surface area contributed by atoms with Crippen molar-refractivity contribution in [3.8, 4) is 0 Å². The Bertz CT molecular complexity index is 1060. The lowest BCUT2D eigenvalue weighted by Gasteiger charge is -2.24. The number of hydrogen-bond donors (Lipinski definition) is 0. The van der Waals surface area contributed by atoms with Crippen LogP contribution in [0.2, 0.25) is 5.02 Å². The first-order chi connectivity index (χ1) is 12.5. The van der Waals surface area contributed by atoms with Crippen molar-refractivity contribution < 1.29 is 0 Å². The molecule has 130 valence electrons. The highest BCUT2D eigenvalue weighted by atomic mass is 35.5. The van der Waals surface area contributed by atoms with Crippen LogP contribution in [0.4, 0.5) is 0 Å². The molecule has 0 bridgehead atoms. The summed E-state index contributed by atoms with van der Waals surface area (Å²) in [6, 6.07) is 9.93. The van der Waals surface area contributed by atoms with Crippen molar-refractivity contribution in [2.75, 3.05) is 7.05 Å². The number of pyridine rings is 1. The minimum Gasteiger partial charge on any atom is -0.351 e. The Kier molecular flexibility index (Phi) is 4.13. The number of hydrogen-bond acceptors (Lipinski definition) is 3. The smallest absolute Gasteiger partial charge is 0.143 e. The van der Waals surface area contributed by atoms with Gasteiger partial charge in [-0.15, -0.1) is 0 Å². The third kappa shape index (κ3) is 2.93. The number of fused-ring (bicyclic) bond motifs is 1. The second-order valence-electron chi connectivity index (χ2n) is 6.48. The molecule has 0 saturated carbocycles. The number of aromatic nitrogens is 3. The molecule has 2 aromatic heterocycles. The number of benzene rings is 1. The summed E-state index contributed by atoms with van der Waals surface area (Å²) in [4.78, 5) is 11.1. The van der Waals surface area contributed by atoms with Crippen LogP contribution in [-0.4, -0.2) is 26.5 Å². The van der Waals surface area contributed by atoms with E-state index < -0.39 is 0 Å². The maximum absolute atomic E-state index is 6.03. The largest absolute Gasteiger partial charge is 0.351 e. The SMILES string of the molecule is C=C1C(C)=CC(c2nc3cnccc3n2Cc2ccc(Cl)cc2)=CN1C. The van der Waals surface area contributed by atoms with E-state index in [4.69, 9.17) is 16.6 Å². The minimum absolute atomic E-state index is 0.710. The highest BCUT2D eigenvalue weighted by Gasteiger charge is 2.18. The molecule has 4 rings (SSSR count). The van der Waals surface area contributed by atoms with Crippen molar-refractivity contribution in [3.63, 3.8) is 0 Å². The zero-order valence-corrected chi connectivity index (χ0v) is 15.5. The summed E-state index contributed by atoms with van der Waals surface area (Å²) in [5.74, 6) is 0.918. The van der Waals surface area contributed by atoms with Gasteiger partial charge in [0.2, 0.25) is 0 Å². The molecule has 3 heterocycles. The number of allylic oxidation sites excluding steroid dienone is 3. The highest BCUT2D eigenvalue weighted by Crippen LogP contribution is 2.29. The fraction of sp³-hybridized carbons (Fsp3) is 0.143. The molecule has 5 heteroatoms. The molecule has 0 amide bonds. The molecule has 1 aliphatic rings. The number of imidazole rings is 1. The summed E-state index contributed by atoms with van der Waals surface area (Å²) < 4.78 is 2.22. The van der Waals surface area contributed by atoms with Crippen LogP contribution in [-0.2, 0) is 6.54 Å². The fourth-order valence-corrected chi connectivity index (χ4v) is 3.30. The Balaban J connectivity index is 1.86. The summed E-state index contributed by atoms with van der Waals surface area (Å²) in [5.41, 5.74) is 6.30. The van der Waals surface area contributed by atoms with E-state index in [9.17, 15) is 0 Å².